The van der Waals surface area contributed by atoms with E-state index in [0.717, 1.165) is 19.5 Å². The zero-order chi connectivity index (χ0) is 13.2. The molecule has 1 aliphatic carbocycles. The van der Waals surface area contributed by atoms with Gasteiger partial charge in [0.05, 0.1) is 0 Å². The number of fused-ring (bicyclic) bond motifs is 2. The Kier molecular flexibility index (Phi) is 3.39. The van der Waals surface area contributed by atoms with Gasteiger partial charge >= 0.3 is 0 Å². The molecule has 0 amide bonds. The Morgan fingerprint density at radius 1 is 1.11 bits per heavy atom. The number of rotatable bonds is 0. The lowest BCUT2D eigenvalue weighted by molar-refractivity contribution is 0.307. The fourth-order valence-corrected chi connectivity index (χ4v) is 3.03. The van der Waals surface area contributed by atoms with Gasteiger partial charge in [0.2, 0.25) is 0 Å². The van der Waals surface area contributed by atoms with Gasteiger partial charge in [-0.25, -0.2) is 0 Å². The lowest BCUT2D eigenvalue weighted by Gasteiger charge is -2.24. The minimum atomic E-state index is 0.546. The minimum absolute atomic E-state index is 0.546. The van der Waals surface area contributed by atoms with Gasteiger partial charge in [0.1, 0.15) is 0 Å². The molecule has 3 rings (SSSR count). The molecule has 0 saturated carbocycles. The first-order valence-electron chi connectivity index (χ1n) is 7.04. The average molecular weight is 251 g/mol. The van der Waals surface area contributed by atoms with E-state index in [1.54, 1.807) is 0 Å². The summed E-state index contributed by atoms with van der Waals surface area (Å²) in [5.74, 6) is 0.546. The van der Waals surface area contributed by atoms with Crippen molar-refractivity contribution in [1.82, 2.24) is 4.90 Å². The van der Waals surface area contributed by atoms with Crippen LogP contribution in [0.5, 0.6) is 0 Å². The summed E-state index contributed by atoms with van der Waals surface area (Å²) in [5.41, 5.74) is 5.77. The Morgan fingerprint density at radius 2 is 1.89 bits per heavy atom. The first-order chi connectivity index (χ1) is 9.22. The predicted molar refractivity (Wildman–Crippen MR) is 81.0 cm³/mol. The maximum absolute atomic E-state index is 2.44. The van der Waals surface area contributed by atoms with Crippen LogP contribution in [-0.4, -0.2) is 18.5 Å². The number of hydrogen-bond donors (Lipinski definition) is 0. The Balaban J connectivity index is 1.97. The van der Waals surface area contributed by atoms with Crippen molar-refractivity contribution in [3.8, 4) is 0 Å². The maximum Gasteiger partial charge on any atom is 0.0233 e. The highest BCUT2D eigenvalue weighted by Gasteiger charge is 2.18. The topological polar surface area (TPSA) is 3.24 Å². The highest BCUT2D eigenvalue weighted by atomic mass is 15.1. The lowest BCUT2D eigenvalue weighted by atomic mass is 9.90. The number of allylic oxidation sites excluding steroid dienone is 4. The third-order valence-electron chi connectivity index (χ3n) is 4.06. The molecule has 1 unspecified atom stereocenters. The van der Waals surface area contributed by atoms with Crippen molar-refractivity contribution >= 4 is 0 Å². The van der Waals surface area contributed by atoms with Crippen LogP contribution < -0.4 is 0 Å². The quantitative estimate of drug-likeness (QED) is 0.679. The van der Waals surface area contributed by atoms with Gasteiger partial charge in [0, 0.05) is 19.0 Å². The zero-order valence-electron chi connectivity index (χ0n) is 11.8. The zero-order valence-corrected chi connectivity index (χ0v) is 11.8. The third-order valence-corrected chi connectivity index (χ3v) is 4.06. The van der Waals surface area contributed by atoms with E-state index in [2.05, 4.69) is 67.4 Å². The Labute approximate surface area is 115 Å². The molecule has 0 N–H and O–H groups in total. The molecule has 0 radical (unpaired) electrons. The molecular weight excluding hydrogens is 230 g/mol. The van der Waals surface area contributed by atoms with Crippen molar-refractivity contribution in [2.75, 3.05) is 13.6 Å². The lowest BCUT2D eigenvalue weighted by Crippen LogP contribution is -2.25. The molecule has 0 fully saturated rings. The van der Waals surface area contributed by atoms with Gasteiger partial charge < -0.3 is 4.90 Å². The number of nitrogens with zero attached hydrogens (tertiary/aromatic N) is 1. The molecule has 0 aromatic heterocycles. The van der Waals surface area contributed by atoms with Crippen LogP contribution in [0.4, 0.5) is 0 Å². The number of hydrogen-bond acceptors (Lipinski definition) is 1. The molecule has 1 heteroatoms. The molecule has 0 bridgehead atoms. The second kappa shape index (κ2) is 5.18. The van der Waals surface area contributed by atoms with Gasteiger partial charge in [0.15, 0.2) is 0 Å². The van der Waals surface area contributed by atoms with E-state index >= 15 is 0 Å². The smallest absolute Gasteiger partial charge is 0.0233 e. The molecule has 1 aliphatic heterocycles. The van der Waals surface area contributed by atoms with Crippen LogP contribution in [0, 0.1) is 5.92 Å². The largest absolute Gasteiger partial charge is 0.301 e. The van der Waals surface area contributed by atoms with E-state index in [9.17, 15) is 0 Å². The van der Waals surface area contributed by atoms with Crippen LogP contribution in [-0.2, 0) is 13.0 Å². The normalized spacial score (nSPS) is 26.1. The van der Waals surface area contributed by atoms with Gasteiger partial charge in [-0.1, -0.05) is 54.1 Å². The van der Waals surface area contributed by atoms with Crippen LogP contribution in [0.3, 0.4) is 0 Å². The highest BCUT2D eigenvalue weighted by molar-refractivity contribution is 5.40. The maximum atomic E-state index is 2.44. The summed E-state index contributed by atoms with van der Waals surface area (Å²) >= 11 is 0. The molecule has 0 spiro atoms. The van der Waals surface area contributed by atoms with Crippen LogP contribution in [0.1, 0.15) is 18.1 Å². The molecule has 1 nitrogen and oxygen atoms in total. The van der Waals surface area contributed by atoms with Crippen molar-refractivity contribution in [3.05, 3.63) is 70.8 Å². The van der Waals surface area contributed by atoms with E-state index < -0.39 is 0 Å². The third kappa shape index (κ3) is 2.71. The molecular formula is C18H21N. The Bertz CT molecular complexity index is 563. The summed E-state index contributed by atoms with van der Waals surface area (Å²) in [4.78, 5) is 2.44. The summed E-state index contributed by atoms with van der Waals surface area (Å²) in [7, 11) is 2.22. The molecule has 1 atom stereocenters. The van der Waals surface area contributed by atoms with Crippen LogP contribution in [0.25, 0.3) is 0 Å². The summed E-state index contributed by atoms with van der Waals surface area (Å²) < 4.78 is 0. The highest BCUT2D eigenvalue weighted by Crippen LogP contribution is 2.26. The van der Waals surface area contributed by atoms with Crippen molar-refractivity contribution in [2.45, 2.75) is 19.9 Å². The van der Waals surface area contributed by atoms with Gasteiger partial charge in [0.25, 0.3) is 0 Å². The van der Waals surface area contributed by atoms with Crippen LogP contribution in [0.15, 0.2) is 59.7 Å². The van der Waals surface area contributed by atoms with Crippen molar-refractivity contribution in [2.24, 2.45) is 5.92 Å². The van der Waals surface area contributed by atoms with Gasteiger partial charge in [-0.3, -0.25) is 0 Å². The molecule has 1 aromatic rings. The van der Waals surface area contributed by atoms with E-state index in [0.29, 0.717) is 5.92 Å². The van der Waals surface area contributed by atoms with Crippen molar-refractivity contribution < 1.29 is 0 Å². The fraction of sp³-hybridized carbons (Fsp3) is 0.333. The van der Waals surface area contributed by atoms with Gasteiger partial charge in [-0.15, -0.1) is 0 Å². The number of benzene rings is 1. The predicted octanol–water partition coefficient (Wildman–Crippen LogP) is 3.73. The Morgan fingerprint density at radius 3 is 2.74 bits per heavy atom. The standard InChI is InChI=1S/C18H21N/c1-14-7-8-16-10-9-15-5-3-4-6-17(15)12-19(2)13-18(16)11-14/h3-8,10-11,18H,9,12-13H2,1-2H3/b16-10-. The Hall–Kier alpha value is -1.60. The summed E-state index contributed by atoms with van der Waals surface area (Å²) in [6.07, 6.45) is 10.4. The van der Waals surface area contributed by atoms with Crippen molar-refractivity contribution in [3.63, 3.8) is 0 Å². The second-order valence-corrected chi connectivity index (χ2v) is 5.72. The van der Waals surface area contributed by atoms with Gasteiger partial charge in [-0.2, -0.15) is 0 Å². The first kappa shape index (κ1) is 12.4. The SMILES string of the molecule is CC1=CC2CN(C)Cc3ccccc3C/C=C\2C=C1. The minimum Gasteiger partial charge on any atom is -0.301 e. The first-order valence-corrected chi connectivity index (χ1v) is 7.04. The van der Waals surface area contributed by atoms with Crippen LogP contribution in [0.2, 0.25) is 0 Å². The molecule has 19 heavy (non-hydrogen) atoms. The average Bonchev–Trinajstić information content (AvgIpc) is 2.45. The second-order valence-electron chi connectivity index (χ2n) is 5.72. The molecule has 98 valence electrons. The summed E-state index contributed by atoms with van der Waals surface area (Å²) in [6, 6.07) is 8.81. The molecule has 2 aliphatic rings. The summed E-state index contributed by atoms with van der Waals surface area (Å²) in [6.45, 7) is 4.33. The van der Waals surface area contributed by atoms with E-state index in [4.69, 9.17) is 0 Å². The van der Waals surface area contributed by atoms with Gasteiger partial charge in [-0.05, 0) is 37.1 Å². The van der Waals surface area contributed by atoms with E-state index in [1.807, 2.05) is 0 Å². The fourth-order valence-electron chi connectivity index (χ4n) is 3.03. The molecule has 1 heterocycles. The summed E-state index contributed by atoms with van der Waals surface area (Å²) in [5, 5.41) is 0. The molecule has 0 saturated heterocycles. The van der Waals surface area contributed by atoms with Crippen LogP contribution >= 0.6 is 0 Å². The monoisotopic (exact) mass is 251 g/mol. The molecule has 1 aromatic carbocycles. The van der Waals surface area contributed by atoms with E-state index in [-0.39, 0.29) is 0 Å². The van der Waals surface area contributed by atoms with E-state index in [1.165, 1.54) is 22.3 Å². The van der Waals surface area contributed by atoms with Crippen molar-refractivity contribution in [1.29, 1.82) is 0 Å².